The second kappa shape index (κ2) is 6.96. The Bertz CT molecular complexity index is 635. The second-order valence-electron chi connectivity index (χ2n) is 4.54. The molecule has 1 N–H and O–H groups in total. The van der Waals surface area contributed by atoms with E-state index in [0.29, 0.717) is 12.3 Å². The zero-order valence-corrected chi connectivity index (χ0v) is 13.6. The minimum Gasteiger partial charge on any atom is -0.507 e. The van der Waals surface area contributed by atoms with Gasteiger partial charge in [-0.05, 0) is 41.5 Å². The number of carbonyl (C=O) groups excluding carboxylic acids is 1. The lowest BCUT2D eigenvalue weighted by molar-refractivity contribution is 0.0598. The first-order valence-corrected chi connectivity index (χ1v) is 8.11. The van der Waals surface area contributed by atoms with Gasteiger partial charge < -0.3 is 9.84 Å². The molecule has 112 valence electrons. The van der Waals surface area contributed by atoms with Crippen LogP contribution in [-0.4, -0.2) is 24.1 Å². The van der Waals surface area contributed by atoms with E-state index in [1.54, 1.807) is 6.07 Å². The average molecular weight is 325 g/mol. The molecule has 0 unspecified atom stereocenters. The maximum absolute atomic E-state index is 12.1. The maximum atomic E-state index is 12.1. The number of hydrogen-bond acceptors (Lipinski definition) is 4. The van der Waals surface area contributed by atoms with Crippen LogP contribution in [0.2, 0.25) is 0 Å². The summed E-state index contributed by atoms with van der Waals surface area (Å²) in [6, 6.07) is 5.50. The highest BCUT2D eigenvalue weighted by atomic mass is 35.5. The van der Waals surface area contributed by atoms with E-state index in [-0.39, 0.29) is 11.3 Å². The first-order valence-electron chi connectivity index (χ1n) is 6.69. The molecule has 2 rings (SSSR count). The van der Waals surface area contributed by atoms with Crippen molar-refractivity contribution < 1.29 is 14.6 Å². The van der Waals surface area contributed by atoms with Crippen LogP contribution >= 0.6 is 22.9 Å². The van der Waals surface area contributed by atoms with E-state index < -0.39 is 5.97 Å². The number of ether oxygens (including phenoxy) is 1. The Morgan fingerprint density at radius 2 is 2.24 bits per heavy atom. The van der Waals surface area contributed by atoms with Crippen LogP contribution in [0.3, 0.4) is 0 Å². The molecule has 1 aromatic heterocycles. The molecule has 3 nitrogen and oxygen atoms in total. The van der Waals surface area contributed by atoms with Gasteiger partial charge in [0.15, 0.2) is 0 Å². The Kier molecular flexibility index (Phi) is 5.26. The van der Waals surface area contributed by atoms with Crippen LogP contribution in [0.5, 0.6) is 5.75 Å². The van der Waals surface area contributed by atoms with Crippen molar-refractivity contribution in [2.45, 2.75) is 19.8 Å². The van der Waals surface area contributed by atoms with Gasteiger partial charge in [-0.25, -0.2) is 4.79 Å². The van der Waals surface area contributed by atoms with Gasteiger partial charge in [0.25, 0.3) is 0 Å². The van der Waals surface area contributed by atoms with E-state index in [9.17, 15) is 9.90 Å². The Balaban J connectivity index is 2.81. The number of aryl methyl sites for hydroxylation is 1. The normalized spacial score (nSPS) is 10.6. The van der Waals surface area contributed by atoms with Gasteiger partial charge in [-0.15, -0.1) is 22.9 Å². The summed E-state index contributed by atoms with van der Waals surface area (Å²) in [6.07, 6.45) is 1.40. The highest BCUT2D eigenvalue weighted by Gasteiger charge is 2.24. The van der Waals surface area contributed by atoms with Gasteiger partial charge in [-0.3, -0.25) is 0 Å². The lowest BCUT2D eigenvalue weighted by atomic mass is 9.91. The molecule has 0 aliphatic carbocycles. The predicted octanol–water partition coefficient (Wildman–Crippen LogP) is 4.25. The summed E-state index contributed by atoms with van der Waals surface area (Å²) >= 11 is 7.45. The first kappa shape index (κ1) is 15.9. The molecule has 0 aliphatic heterocycles. The third-order valence-corrected chi connectivity index (χ3v) is 4.47. The number of benzene rings is 1. The number of alkyl halides is 1. The minimum atomic E-state index is -0.533. The number of halogens is 1. The fourth-order valence-corrected chi connectivity index (χ4v) is 3.45. The Labute approximate surface area is 133 Å². The lowest BCUT2D eigenvalue weighted by Crippen LogP contribution is -2.09. The number of phenols is 1. The highest BCUT2D eigenvalue weighted by Crippen LogP contribution is 2.39. The van der Waals surface area contributed by atoms with Crippen molar-refractivity contribution >= 4 is 28.9 Å². The summed E-state index contributed by atoms with van der Waals surface area (Å²) in [7, 11) is 1.31. The predicted molar refractivity (Wildman–Crippen MR) is 86.6 cm³/mol. The lowest BCUT2D eigenvalue weighted by Gasteiger charge is -2.17. The van der Waals surface area contributed by atoms with Crippen molar-refractivity contribution in [3.8, 4) is 16.2 Å². The third-order valence-electron chi connectivity index (χ3n) is 3.39. The Hall–Kier alpha value is -1.52. The number of esters is 1. The monoisotopic (exact) mass is 324 g/mol. The smallest absolute Gasteiger partial charge is 0.342 e. The quantitative estimate of drug-likeness (QED) is 0.660. The van der Waals surface area contributed by atoms with E-state index in [1.807, 2.05) is 24.4 Å². The zero-order chi connectivity index (χ0) is 15.4. The van der Waals surface area contributed by atoms with Crippen molar-refractivity contribution in [2.75, 3.05) is 13.0 Å². The van der Waals surface area contributed by atoms with Crippen molar-refractivity contribution in [3.63, 3.8) is 0 Å². The van der Waals surface area contributed by atoms with Crippen molar-refractivity contribution in [2.24, 2.45) is 0 Å². The number of methoxy groups -OCH3 is 1. The summed E-state index contributed by atoms with van der Waals surface area (Å²) in [6.45, 7) is 2.02. The third kappa shape index (κ3) is 3.06. The number of thiophene rings is 1. The van der Waals surface area contributed by atoms with E-state index in [1.165, 1.54) is 18.4 Å². The van der Waals surface area contributed by atoms with Gasteiger partial charge in [-0.2, -0.15) is 0 Å². The molecule has 0 atom stereocenters. The number of carbonyl (C=O) groups is 1. The topological polar surface area (TPSA) is 46.5 Å². The van der Waals surface area contributed by atoms with Crippen molar-refractivity contribution in [1.82, 2.24) is 0 Å². The fraction of sp³-hybridized carbons (Fsp3) is 0.312. The van der Waals surface area contributed by atoms with E-state index in [4.69, 9.17) is 16.3 Å². The fourth-order valence-electron chi connectivity index (χ4n) is 2.46. The minimum absolute atomic E-state index is 0.0413. The molecular weight excluding hydrogens is 308 g/mol. The molecular formula is C16H17ClO3S. The number of aromatic hydroxyl groups is 1. The van der Waals surface area contributed by atoms with Gasteiger partial charge in [0.05, 0.1) is 7.11 Å². The number of hydrogen-bond donors (Lipinski definition) is 1. The van der Waals surface area contributed by atoms with Crippen LogP contribution in [0, 0.1) is 0 Å². The van der Waals surface area contributed by atoms with Gasteiger partial charge >= 0.3 is 5.97 Å². The Morgan fingerprint density at radius 1 is 1.48 bits per heavy atom. The van der Waals surface area contributed by atoms with Crippen molar-refractivity contribution in [1.29, 1.82) is 0 Å². The second-order valence-corrected chi connectivity index (χ2v) is 5.87. The summed E-state index contributed by atoms with van der Waals surface area (Å²) in [5.74, 6) is -0.119. The molecule has 0 radical (unpaired) electrons. The van der Waals surface area contributed by atoms with Crippen molar-refractivity contribution in [3.05, 3.63) is 40.3 Å². The SMILES string of the molecule is CCc1cc(O)c(C(=O)OC)c(-c2cccs2)c1CCCl. The summed E-state index contributed by atoms with van der Waals surface area (Å²) < 4.78 is 4.84. The van der Waals surface area contributed by atoms with E-state index >= 15 is 0 Å². The van der Waals surface area contributed by atoms with Crippen LogP contribution in [0.4, 0.5) is 0 Å². The van der Waals surface area contributed by atoms with Crippen LogP contribution in [0.1, 0.15) is 28.4 Å². The zero-order valence-electron chi connectivity index (χ0n) is 12.0. The molecule has 0 aliphatic rings. The highest BCUT2D eigenvalue weighted by molar-refractivity contribution is 7.13. The molecule has 5 heteroatoms. The molecule has 0 saturated heterocycles. The molecule has 0 amide bonds. The summed E-state index contributed by atoms with van der Waals surface area (Å²) in [5, 5.41) is 12.2. The molecule has 2 aromatic rings. The van der Waals surface area contributed by atoms with Crippen LogP contribution < -0.4 is 0 Å². The molecule has 0 fully saturated rings. The maximum Gasteiger partial charge on any atom is 0.342 e. The van der Waals surface area contributed by atoms with E-state index in [0.717, 1.165) is 28.0 Å². The molecule has 0 saturated carbocycles. The van der Waals surface area contributed by atoms with Gasteiger partial charge in [0.2, 0.25) is 0 Å². The molecule has 0 bridgehead atoms. The largest absolute Gasteiger partial charge is 0.507 e. The molecule has 1 aromatic carbocycles. The van der Waals surface area contributed by atoms with Crippen LogP contribution in [-0.2, 0) is 17.6 Å². The number of phenolic OH excluding ortho intramolecular Hbond substituents is 1. The first-order chi connectivity index (χ1) is 10.1. The molecule has 21 heavy (non-hydrogen) atoms. The average Bonchev–Trinajstić information content (AvgIpc) is 3.01. The number of rotatable bonds is 5. The summed E-state index contributed by atoms with van der Waals surface area (Å²) in [5.41, 5.74) is 2.98. The van der Waals surface area contributed by atoms with Crippen LogP contribution in [0.15, 0.2) is 23.6 Å². The van der Waals surface area contributed by atoms with E-state index in [2.05, 4.69) is 0 Å². The van der Waals surface area contributed by atoms with Gasteiger partial charge in [-0.1, -0.05) is 13.0 Å². The molecule has 1 heterocycles. The van der Waals surface area contributed by atoms with Gasteiger partial charge in [0, 0.05) is 16.3 Å². The Morgan fingerprint density at radius 3 is 2.76 bits per heavy atom. The van der Waals surface area contributed by atoms with Crippen LogP contribution in [0.25, 0.3) is 10.4 Å². The summed E-state index contributed by atoms with van der Waals surface area (Å²) in [4.78, 5) is 13.0. The molecule has 0 spiro atoms. The van der Waals surface area contributed by atoms with Gasteiger partial charge in [0.1, 0.15) is 11.3 Å². The standard InChI is InChI=1S/C16H17ClO3S/c1-3-10-9-12(18)15(16(19)20-2)14(11(10)6-7-17)13-5-4-8-21-13/h4-5,8-9,18H,3,6-7H2,1-2H3.